The molecule has 0 fully saturated rings. The molecule has 2 aromatic rings. The number of benzene rings is 2. The number of amides is 1. The van der Waals surface area contributed by atoms with E-state index in [4.69, 9.17) is 5.26 Å². The number of hydrogen-bond acceptors (Lipinski definition) is 2. The number of nitriles is 1. The van der Waals surface area contributed by atoms with Gasteiger partial charge >= 0.3 is 0 Å². The largest absolute Gasteiger partial charge is 0.321 e. The summed E-state index contributed by atoms with van der Waals surface area (Å²) in [6, 6.07) is 12.3. The molecule has 0 radical (unpaired) electrons. The van der Waals surface area contributed by atoms with Crippen LogP contribution >= 0.6 is 0 Å². The zero-order valence-electron chi connectivity index (χ0n) is 11.7. The third-order valence-electron chi connectivity index (χ3n) is 2.92. The SMILES string of the molecule is Cc1cccc(NC(=O)C(C#N)=Cc2cccc(F)c2F)c1. The van der Waals surface area contributed by atoms with Gasteiger partial charge in [-0.3, -0.25) is 4.79 Å². The van der Waals surface area contributed by atoms with Crippen molar-refractivity contribution in [3.8, 4) is 6.07 Å². The van der Waals surface area contributed by atoms with Crippen molar-refractivity contribution >= 4 is 17.7 Å². The van der Waals surface area contributed by atoms with Crippen molar-refractivity contribution < 1.29 is 13.6 Å². The van der Waals surface area contributed by atoms with E-state index in [1.165, 1.54) is 12.1 Å². The second kappa shape index (κ2) is 6.64. The van der Waals surface area contributed by atoms with Crippen LogP contribution in [0.1, 0.15) is 11.1 Å². The molecule has 0 aliphatic heterocycles. The molecule has 0 aromatic heterocycles. The minimum atomic E-state index is -1.10. The molecule has 2 aromatic carbocycles. The van der Waals surface area contributed by atoms with Crippen LogP contribution in [0.25, 0.3) is 6.08 Å². The lowest BCUT2D eigenvalue weighted by Gasteiger charge is -2.05. The summed E-state index contributed by atoms with van der Waals surface area (Å²) in [4.78, 5) is 12.0. The molecule has 0 aliphatic rings. The third-order valence-corrected chi connectivity index (χ3v) is 2.92. The molecule has 0 heterocycles. The van der Waals surface area contributed by atoms with Gasteiger partial charge in [-0.1, -0.05) is 24.3 Å². The highest BCUT2D eigenvalue weighted by atomic mass is 19.2. The second-order valence-corrected chi connectivity index (χ2v) is 4.64. The van der Waals surface area contributed by atoms with E-state index in [1.54, 1.807) is 24.3 Å². The summed E-state index contributed by atoms with van der Waals surface area (Å²) in [6.07, 6.45) is 1.02. The van der Waals surface area contributed by atoms with Crippen LogP contribution in [-0.2, 0) is 4.79 Å². The van der Waals surface area contributed by atoms with E-state index in [0.29, 0.717) is 5.69 Å². The fourth-order valence-electron chi connectivity index (χ4n) is 1.86. The van der Waals surface area contributed by atoms with Gasteiger partial charge < -0.3 is 5.32 Å². The van der Waals surface area contributed by atoms with E-state index in [2.05, 4.69) is 5.32 Å². The molecule has 22 heavy (non-hydrogen) atoms. The van der Waals surface area contributed by atoms with Crippen molar-refractivity contribution in [2.75, 3.05) is 5.32 Å². The summed E-state index contributed by atoms with van der Waals surface area (Å²) >= 11 is 0. The molecule has 0 saturated heterocycles. The van der Waals surface area contributed by atoms with Crippen LogP contribution in [0.2, 0.25) is 0 Å². The van der Waals surface area contributed by atoms with Crippen molar-refractivity contribution in [3.05, 3.63) is 70.8 Å². The maximum Gasteiger partial charge on any atom is 0.266 e. The Morgan fingerprint density at radius 1 is 1.23 bits per heavy atom. The topological polar surface area (TPSA) is 52.9 Å². The van der Waals surface area contributed by atoms with Gasteiger partial charge in [0.1, 0.15) is 11.6 Å². The molecule has 0 aliphatic carbocycles. The van der Waals surface area contributed by atoms with Crippen LogP contribution in [0.5, 0.6) is 0 Å². The Kier molecular flexibility index (Phi) is 4.64. The van der Waals surface area contributed by atoms with Gasteiger partial charge in [-0.2, -0.15) is 5.26 Å². The summed E-state index contributed by atoms with van der Waals surface area (Å²) in [6.45, 7) is 1.86. The Morgan fingerprint density at radius 2 is 1.95 bits per heavy atom. The summed E-state index contributed by atoms with van der Waals surface area (Å²) in [5.41, 5.74) is 0.990. The lowest BCUT2D eigenvalue weighted by molar-refractivity contribution is -0.112. The molecule has 0 unspecified atom stereocenters. The number of carbonyl (C=O) groups is 1. The normalized spacial score (nSPS) is 10.9. The zero-order valence-corrected chi connectivity index (χ0v) is 11.7. The number of nitrogens with zero attached hydrogens (tertiary/aromatic N) is 1. The van der Waals surface area contributed by atoms with Crippen LogP contribution in [0, 0.1) is 29.9 Å². The highest BCUT2D eigenvalue weighted by Gasteiger charge is 2.12. The first-order valence-corrected chi connectivity index (χ1v) is 6.45. The predicted molar refractivity (Wildman–Crippen MR) is 79.8 cm³/mol. The molecule has 0 saturated carbocycles. The number of anilines is 1. The van der Waals surface area contributed by atoms with E-state index in [1.807, 2.05) is 13.0 Å². The van der Waals surface area contributed by atoms with Crippen LogP contribution in [0.15, 0.2) is 48.0 Å². The van der Waals surface area contributed by atoms with Gasteiger partial charge in [0.15, 0.2) is 11.6 Å². The van der Waals surface area contributed by atoms with Gasteiger partial charge in [-0.15, -0.1) is 0 Å². The van der Waals surface area contributed by atoms with Gasteiger partial charge in [0, 0.05) is 11.3 Å². The van der Waals surface area contributed by atoms with Crippen LogP contribution in [0.4, 0.5) is 14.5 Å². The molecular formula is C17H12F2N2O. The molecule has 1 N–H and O–H groups in total. The van der Waals surface area contributed by atoms with E-state index in [0.717, 1.165) is 17.7 Å². The minimum absolute atomic E-state index is 0.157. The lowest BCUT2D eigenvalue weighted by Crippen LogP contribution is -2.13. The maximum atomic E-state index is 13.6. The number of hydrogen-bond donors (Lipinski definition) is 1. The molecule has 3 nitrogen and oxygen atoms in total. The first-order valence-electron chi connectivity index (χ1n) is 6.45. The van der Waals surface area contributed by atoms with Gasteiger partial charge in [-0.25, -0.2) is 8.78 Å². The van der Waals surface area contributed by atoms with Gasteiger partial charge in [-0.05, 0) is 36.8 Å². The van der Waals surface area contributed by atoms with Crippen LogP contribution in [0.3, 0.4) is 0 Å². The highest BCUT2D eigenvalue weighted by molar-refractivity contribution is 6.09. The predicted octanol–water partition coefficient (Wildman–Crippen LogP) is 3.82. The Labute approximate surface area is 126 Å². The van der Waals surface area contributed by atoms with E-state index in [-0.39, 0.29) is 11.1 Å². The maximum absolute atomic E-state index is 13.6. The number of carbonyl (C=O) groups excluding carboxylic acids is 1. The molecule has 0 bridgehead atoms. The Bertz CT molecular complexity index is 791. The standard InChI is InChI=1S/C17H12F2N2O/c1-11-4-2-6-14(8-11)21-17(22)13(10-20)9-12-5-3-7-15(18)16(12)19/h2-9H,1H3,(H,21,22). The number of halogens is 2. The van der Waals surface area contributed by atoms with Crippen LogP contribution < -0.4 is 5.32 Å². The van der Waals surface area contributed by atoms with Crippen molar-refractivity contribution in [3.63, 3.8) is 0 Å². The van der Waals surface area contributed by atoms with E-state index in [9.17, 15) is 13.6 Å². The lowest BCUT2D eigenvalue weighted by atomic mass is 10.1. The number of nitrogens with one attached hydrogen (secondary N) is 1. The molecule has 1 amide bonds. The quantitative estimate of drug-likeness (QED) is 0.692. The summed E-state index contributed by atoms with van der Waals surface area (Å²) < 4.78 is 26.7. The molecule has 2 rings (SSSR count). The first-order chi connectivity index (χ1) is 10.5. The highest BCUT2D eigenvalue weighted by Crippen LogP contribution is 2.16. The average Bonchev–Trinajstić information content (AvgIpc) is 2.48. The van der Waals surface area contributed by atoms with Crippen LogP contribution in [-0.4, -0.2) is 5.91 Å². The smallest absolute Gasteiger partial charge is 0.266 e. The van der Waals surface area contributed by atoms with Gasteiger partial charge in [0.25, 0.3) is 5.91 Å². The second-order valence-electron chi connectivity index (χ2n) is 4.64. The monoisotopic (exact) mass is 298 g/mol. The molecule has 5 heteroatoms. The van der Waals surface area contributed by atoms with E-state index >= 15 is 0 Å². The molecular weight excluding hydrogens is 286 g/mol. The molecule has 110 valence electrons. The van der Waals surface area contributed by atoms with Crippen molar-refractivity contribution in [1.82, 2.24) is 0 Å². The van der Waals surface area contributed by atoms with Gasteiger partial charge in [0.2, 0.25) is 0 Å². The number of aryl methyl sites for hydroxylation is 1. The Hall–Kier alpha value is -3.00. The van der Waals surface area contributed by atoms with Crippen molar-refractivity contribution in [1.29, 1.82) is 5.26 Å². The average molecular weight is 298 g/mol. The molecule has 0 spiro atoms. The fourth-order valence-corrected chi connectivity index (χ4v) is 1.86. The molecule has 0 atom stereocenters. The first kappa shape index (κ1) is 15.4. The summed E-state index contributed by atoms with van der Waals surface area (Å²) in [7, 11) is 0. The summed E-state index contributed by atoms with van der Waals surface area (Å²) in [5.74, 6) is -2.82. The Balaban J connectivity index is 2.28. The third kappa shape index (κ3) is 3.55. The fraction of sp³-hybridized carbons (Fsp3) is 0.0588. The van der Waals surface area contributed by atoms with Gasteiger partial charge in [0.05, 0.1) is 0 Å². The summed E-state index contributed by atoms with van der Waals surface area (Å²) in [5, 5.41) is 11.6. The zero-order chi connectivity index (χ0) is 16.1. The Morgan fingerprint density at radius 3 is 2.64 bits per heavy atom. The van der Waals surface area contributed by atoms with E-state index < -0.39 is 17.5 Å². The van der Waals surface area contributed by atoms with Crippen molar-refractivity contribution in [2.45, 2.75) is 6.92 Å². The minimum Gasteiger partial charge on any atom is -0.321 e. The number of rotatable bonds is 3. The van der Waals surface area contributed by atoms with Crippen molar-refractivity contribution in [2.24, 2.45) is 0 Å².